The average Bonchev–Trinajstić information content (AvgIpc) is 3.05. The van der Waals surface area contributed by atoms with Crippen molar-refractivity contribution in [3.05, 3.63) is 0 Å². The van der Waals surface area contributed by atoms with Crippen LogP contribution < -0.4 is 5.32 Å². The van der Waals surface area contributed by atoms with Gasteiger partial charge in [0.05, 0.1) is 19.6 Å². The van der Waals surface area contributed by atoms with Crippen molar-refractivity contribution < 1.29 is 23.0 Å². The third kappa shape index (κ3) is 7.18. The number of alkyl halides is 3. The lowest BCUT2D eigenvalue weighted by Crippen LogP contribution is -2.47. The van der Waals surface area contributed by atoms with Crippen LogP contribution in [0.1, 0.15) is 39.0 Å². The Labute approximate surface area is 106 Å². The largest absolute Gasteiger partial charge is 0.394 e. The molecule has 0 aromatic carbocycles. The molecule has 1 aliphatic rings. The van der Waals surface area contributed by atoms with Gasteiger partial charge < -0.3 is 15.2 Å². The fourth-order valence-corrected chi connectivity index (χ4v) is 1.77. The van der Waals surface area contributed by atoms with E-state index < -0.39 is 12.6 Å². The minimum absolute atomic E-state index is 0.0338. The fraction of sp³-hybridized carbons (Fsp3) is 1.00. The van der Waals surface area contributed by atoms with Crippen molar-refractivity contribution in [2.45, 2.75) is 56.8 Å². The van der Waals surface area contributed by atoms with E-state index in [1.807, 2.05) is 6.92 Å². The lowest BCUT2D eigenvalue weighted by atomic mass is 9.97. The van der Waals surface area contributed by atoms with Gasteiger partial charge in [0.1, 0.15) is 0 Å². The molecule has 0 bridgehead atoms. The number of aliphatic hydroxyl groups excluding tert-OH is 1. The lowest BCUT2D eigenvalue weighted by molar-refractivity contribution is -0.145. The van der Waals surface area contributed by atoms with E-state index in [1.165, 1.54) is 0 Å². The number of aliphatic hydroxyl groups is 1. The number of nitrogens with one attached hydrogen (secondary N) is 1. The van der Waals surface area contributed by atoms with E-state index in [-0.39, 0.29) is 18.8 Å². The molecular weight excluding hydrogens is 247 g/mol. The summed E-state index contributed by atoms with van der Waals surface area (Å²) >= 11 is 0. The molecule has 0 aliphatic heterocycles. The molecule has 3 nitrogen and oxygen atoms in total. The first-order chi connectivity index (χ1) is 8.35. The van der Waals surface area contributed by atoms with Crippen molar-refractivity contribution in [3.63, 3.8) is 0 Å². The van der Waals surface area contributed by atoms with Gasteiger partial charge in [-0.25, -0.2) is 0 Å². The molecule has 0 amide bonds. The highest BCUT2D eigenvalue weighted by Gasteiger charge is 2.31. The van der Waals surface area contributed by atoms with Crippen molar-refractivity contribution >= 4 is 0 Å². The average molecular weight is 269 g/mol. The monoisotopic (exact) mass is 269 g/mol. The van der Waals surface area contributed by atoms with Crippen molar-refractivity contribution in [1.29, 1.82) is 0 Å². The summed E-state index contributed by atoms with van der Waals surface area (Å²) in [5.74, 6) is 0. The van der Waals surface area contributed by atoms with Crippen LogP contribution in [0.4, 0.5) is 13.2 Å². The molecule has 1 unspecified atom stereocenters. The van der Waals surface area contributed by atoms with E-state index in [2.05, 4.69) is 5.32 Å². The number of rotatable bonds is 9. The van der Waals surface area contributed by atoms with Gasteiger partial charge in [0.25, 0.3) is 0 Å². The topological polar surface area (TPSA) is 41.5 Å². The summed E-state index contributed by atoms with van der Waals surface area (Å²) in [4.78, 5) is 0. The van der Waals surface area contributed by atoms with E-state index >= 15 is 0 Å². The van der Waals surface area contributed by atoms with Gasteiger partial charge in [-0.05, 0) is 32.6 Å². The zero-order valence-electron chi connectivity index (χ0n) is 10.7. The Balaban J connectivity index is 2.04. The highest BCUT2D eigenvalue weighted by Crippen LogP contribution is 2.24. The van der Waals surface area contributed by atoms with Crippen LogP contribution in [0.15, 0.2) is 0 Å². The van der Waals surface area contributed by atoms with Crippen LogP contribution in [-0.2, 0) is 4.74 Å². The van der Waals surface area contributed by atoms with E-state index in [0.717, 1.165) is 12.8 Å². The van der Waals surface area contributed by atoms with Gasteiger partial charge in [-0.15, -0.1) is 0 Å². The van der Waals surface area contributed by atoms with Crippen LogP contribution in [-0.4, -0.2) is 42.7 Å². The SMILES string of the molecule is CC(CO)(CCCOCCC(F)(F)F)NC1CC1. The molecule has 0 radical (unpaired) electrons. The van der Waals surface area contributed by atoms with Crippen LogP contribution >= 0.6 is 0 Å². The zero-order valence-corrected chi connectivity index (χ0v) is 10.7. The zero-order chi connectivity index (χ0) is 13.6. The molecule has 0 aromatic rings. The molecule has 1 atom stereocenters. The summed E-state index contributed by atoms with van der Waals surface area (Å²) in [5.41, 5.74) is -0.339. The van der Waals surface area contributed by atoms with E-state index in [9.17, 15) is 18.3 Å². The molecule has 6 heteroatoms. The van der Waals surface area contributed by atoms with Crippen LogP contribution in [0.5, 0.6) is 0 Å². The highest BCUT2D eigenvalue weighted by atomic mass is 19.4. The highest BCUT2D eigenvalue weighted by molar-refractivity contribution is 4.92. The molecule has 0 aromatic heterocycles. The van der Waals surface area contributed by atoms with Gasteiger partial charge in [0, 0.05) is 18.2 Å². The Morgan fingerprint density at radius 1 is 1.22 bits per heavy atom. The molecule has 0 spiro atoms. The summed E-state index contributed by atoms with van der Waals surface area (Å²) in [6.45, 7) is 1.99. The molecular formula is C12H22F3NO2. The minimum atomic E-state index is -4.15. The van der Waals surface area contributed by atoms with Crippen molar-refractivity contribution in [3.8, 4) is 0 Å². The van der Waals surface area contributed by atoms with Crippen molar-refractivity contribution in [2.75, 3.05) is 19.8 Å². The second kappa shape index (κ2) is 6.73. The Morgan fingerprint density at radius 2 is 1.89 bits per heavy atom. The summed E-state index contributed by atoms with van der Waals surface area (Å²) in [7, 11) is 0. The predicted octanol–water partition coefficient (Wildman–Crippen LogP) is 2.24. The van der Waals surface area contributed by atoms with E-state index in [1.54, 1.807) is 0 Å². The van der Waals surface area contributed by atoms with Crippen LogP contribution in [0.25, 0.3) is 0 Å². The van der Waals surface area contributed by atoms with Gasteiger partial charge in [-0.2, -0.15) is 13.2 Å². The standard InChI is InChI=1S/C12H22F3NO2/c1-11(9-17,16-10-3-4-10)5-2-7-18-8-6-12(13,14)15/h10,16-17H,2-9H2,1H3. The molecule has 1 fully saturated rings. The van der Waals surface area contributed by atoms with Crippen molar-refractivity contribution in [2.24, 2.45) is 0 Å². The molecule has 1 saturated carbocycles. The maximum absolute atomic E-state index is 11.8. The van der Waals surface area contributed by atoms with E-state index in [4.69, 9.17) is 4.74 Å². The molecule has 18 heavy (non-hydrogen) atoms. The molecule has 0 saturated heterocycles. The second-order valence-corrected chi connectivity index (χ2v) is 5.22. The second-order valence-electron chi connectivity index (χ2n) is 5.22. The van der Waals surface area contributed by atoms with Gasteiger partial charge in [0.15, 0.2) is 0 Å². The quantitative estimate of drug-likeness (QED) is 0.631. The Morgan fingerprint density at radius 3 is 2.39 bits per heavy atom. The third-order valence-electron chi connectivity index (χ3n) is 3.03. The summed E-state index contributed by atoms with van der Waals surface area (Å²) < 4.78 is 40.4. The van der Waals surface area contributed by atoms with Gasteiger partial charge in [0.2, 0.25) is 0 Å². The minimum Gasteiger partial charge on any atom is -0.394 e. The predicted molar refractivity (Wildman–Crippen MR) is 62.4 cm³/mol. The Bertz CT molecular complexity index is 244. The van der Waals surface area contributed by atoms with Gasteiger partial charge >= 0.3 is 6.18 Å². The van der Waals surface area contributed by atoms with Crippen LogP contribution in [0, 0.1) is 0 Å². The summed E-state index contributed by atoms with van der Waals surface area (Å²) in [5, 5.41) is 12.7. The molecule has 1 aliphatic carbocycles. The van der Waals surface area contributed by atoms with Gasteiger partial charge in [-0.1, -0.05) is 0 Å². The van der Waals surface area contributed by atoms with Gasteiger partial charge in [-0.3, -0.25) is 0 Å². The Kier molecular flexibility index (Phi) is 5.88. The first kappa shape index (κ1) is 15.7. The van der Waals surface area contributed by atoms with Crippen LogP contribution in [0.3, 0.4) is 0 Å². The molecule has 1 rings (SSSR count). The third-order valence-corrected chi connectivity index (χ3v) is 3.03. The molecule has 2 N–H and O–H groups in total. The summed E-state index contributed by atoms with van der Waals surface area (Å²) in [6, 6.07) is 0.494. The lowest BCUT2D eigenvalue weighted by Gasteiger charge is -2.29. The number of halogens is 3. The number of hydrogen-bond donors (Lipinski definition) is 2. The Hall–Kier alpha value is -0.330. The summed E-state index contributed by atoms with van der Waals surface area (Å²) in [6.07, 6.45) is -1.42. The van der Waals surface area contributed by atoms with Crippen molar-refractivity contribution in [1.82, 2.24) is 5.32 Å². The normalized spacial score (nSPS) is 19.8. The maximum Gasteiger partial charge on any atom is 0.391 e. The maximum atomic E-state index is 11.8. The number of ether oxygens (including phenoxy) is 1. The first-order valence-electron chi connectivity index (χ1n) is 6.38. The van der Waals surface area contributed by atoms with Crippen LogP contribution in [0.2, 0.25) is 0 Å². The smallest absolute Gasteiger partial charge is 0.391 e. The number of hydrogen-bond acceptors (Lipinski definition) is 3. The molecule has 0 heterocycles. The first-order valence-corrected chi connectivity index (χ1v) is 6.38. The molecule has 108 valence electrons. The van der Waals surface area contributed by atoms with E-state index in [0.29, 0.717) is 25.5 Å². The fourth-order valence-electron chi connectivity index (χ4n) is 1.77.